The number of benzene rings is 1. The third-order valence-corrected chi connectivity index (χ3v) is 4.76. The van der Waals surface area contributed by atoms with E-state index in [-0.39, 0.29) is 17.3 Å². The fourth-order valence-electron chi connectivity index (χ4n) is 1.84. The molecule has 1 atom stereocenters. The van der Waals surface area contributed by atoms with Crippen molar-refractivity contribution in [3.05, 3.63) is 56.1 Å². The molecule has 5 heteroatoms. The Kier molecular flexibility index (Phi) is 3.74. The highest BCUT2D eigenvalue weighted by Crippen LogP contribution is 2.25. The van der Waals surface area contributed by atoms with Crippen molar-refractivity contribution in [3.63, 3.8) is 0 Å². The zero-order valence-electron chi connectivity index (χ0n) is 9.97. The summed E-state index contributed by atoms with van der Waals surface area (Å²) >= 11 is 0. The number of hydrogen-bond acceptors (Lipinski definition) is 3. The molecule has 94 valence electrons. The molecule has 0 saturated heterocycles. The molecule has 2 aromatic rings. The third kappa shape index (κ3) is 2.27. The molecule has 4 nitrogen and oxygen atoms in total. The van der Waals surface area contributed by atoms with Crippen molar-refractivity contribution in [2.24, 2.45) is 0 Å². The number of carbonyl (C=O) groups excluding carboxylic acids is 1. The average molecular weight is 264 g/mol. The second-order valence-corrected chi connectivity index (χ2v) is 5.85. The second kappa shape index (κ2) is 5.29. The van der Waals surface area contributed by atoms with Crippen molar-refractivity contribution in [1.29, 1.82) is 0 Å². The number of carbonyl (C=O) groups is 1. The van der Waals surface area contributed by atoms with Gasteiger partial charge in [0.05, 0.1) is 22.8 Å². The van der Waals surface area contributed by atoms with Gasteiger partial charge in [0.25, 0.3) is 0 Å². The molecule has 2 rings (SSSR count). The number of thiazole rings is 1. The molecule has 0 aliphatic heterocycles. The molecular formula is C13H14NO3S+. The fraction of sp³-hybridized carbons (Fsp3) is 0.231. The number of ketones is 1. The predicted octanol–water partition coefficient (Wildman–Crippen LogP) is 1.66. The summed E-state index contributed by atoms with van der Waals surface area (Å²) < 4.78 is 0. The Balaban J connectivity index is 2.51. The van der Waals surface area contributed by atoms with Gasteiger partial charge in [-0.25, -0.2) is 4.79 Å². The van der Waals surface area contributed by atoms with E-state index in [4.69, 9.17) is 5.11 Å². The lowest BCUT2D eigenvalue weighted by Gasteiger charge is -1.96. The lowest BCUT2D eigenvalue weighted by atomic mass is 10.1. The van der Waals surface area contributed by atoms with E-state index >= 15 is 0 Å². The van der Waals surface area contributed by atoms with Crippen LogP contribution in [0.25, 0.3) is 0 Å². The van der Waals surface area contributed by atoms with Gasteiger partial charge in [-0.3, -0.25) is 9.78 Å². The van der Waals surface area contributed by atoms with Crippen LogP contribution in [0.5, 0.6) is 0 Å². The Labute approximate surface area is 107 Å². The number of rotatable bonds is 4. The maximum Gasteiger partial charge on any atom is 0.455 e. The summed E-state index contributed by atoms with van der Waals surface area (Å²) in [7, 11) is -0.840. The molecule has 2 N–H and O–H groups in total. The highest BCUT2D eigenvalue weighted by molar-refractivity contribution is 7.30. The molecule has 0 radical (unpaired) electrons. The van der Waals surface area contributed by atoms with Gasteiger partial charge < -0.3 is 5.11 Å². The smallest absolute Gasteiger partial charge is 0.391 e. The van der Waals surface area contributed by atoms with Crippen molar-refractivity contribution in [3.8, 4) is 0 Å². The van der Waals surface area contributed by atoms with E-state index in [1.54, 1.807) is 31.2 Å². The number of aromatic nitrogens is 1. The second-order valence-electron chi connectivity index (χ2n) is 3.88. The molecule has 0 bridgehead atoms. The van der Waals surface area contributed by atoms with Gasteiger partial charge in [-0.15, -0.1) is 0 Å². The van der Waals surface area contributed by atoms with Crippen molar-refractivity contribution < 1.29 is 9.90 Å². The number of H-pyrrole nitrogens is 1. The zero-order valence-corrected chi connectivity index (χ0v) is 10.8. The quantitative estimate of drug-likeness (QED) is 0.651. The van der Waals surface area contributed by atoms with E-state index in [0.29, 0.717) is 21.9 Å². The van der Waals surface area contributed by atoms with Gasteiger partial charge >= 0.3 is 4.87 Å². The molecule has 0 saturated carbocycles. The van der Waals surface area contributed by atoms with E-state index in [2.05, 4.69) is 4.98 Å². The van der Waals surface area contributed by atoms with Gasteiger partial charge in [0.2, 0.25) is 10.7 Å². The summed E-state index contributed by atoms with van der Waals surface area (Å²) in [6, 6.07) is 8.87. The standard InChI is InChI=1S/C13H13NO3S/c1-9-12(18(8-7-15)13(17)14-9)11(16)10-5-3-2-4-6-10/h2-6,15H,7-8H2,1H3/p+1. The Morgan fingerprint density at radius 1 is 1.33 bits per heavy atom. The monoisotopic (exact) mass is 264 g/mol. The van der Waals surface area contributed by atoms with E-state index < -0.39 is 10.5 Å². The minimum absolute atomic E-state index is 0.102. The van der Waals surface area contributed by atoms with Gasteiger partial charge in [-0.2, -0.15) is 0 Å². The van der Waals surface area contributed by atoms with E-state index in [1.165, 1.54) is 0 Å². The average Bonchev–Trinajstić information content (AvgIpc) is 2.65. The molecular weight excluding hydrogens is 250 g/mol. The Morgan fingerprint density at radius 2 is 2.00 bits per heavy atom. The fourth-order valence-corrected chi connectivity index (χ4v) is 3.63. The van der Waals surface area contributed by atoms with Crippen LogP contribution in [0.15, 0.2) is 35.1 Å². The maximum absolute atomic E-state index is 12.4. The van der Waals surface area contributed by atoms with Crippen LogP contribution in [0, 0.1) is 6.92 Å². The summed E-state index contributed by atoms with van der Waals surface area (Å²) in [6.45, 7) is 1.62. The molecule has 0 aliphatic carbocycles. The number of aliphatic hydroxyl groups is 1. The van der Waals surface area contributed by atoms with Gasteiger partial charge in [0.1, 0.15) is 0 Å². The highest BCUT2D eigenvalue weighted by Gasteiger charge is 2.29. The first-order chi connectivity index (χ1) is 8.65. The van der Waals surface area contributed by atoms with E-state index in [0.717, 1.165) is 0 Å². The van der Waals surface area contributed by atoms with Crippen LogP contribution in [-0.4, -0.2) is 22.5 Å². The van der Waals surface area contributed by atoms with Crippen molar-refractivity contribution >= 4 is 16.3 Å². The maximum atomic E-state index is 12.4. The van der Waals surface area contributed by atoms with Crippen LogP contribution in [0.2, 0.25) is 0 Å². The molecule has 18 heavy (non-hydrogen) atoms. The third-order valence-electron chi connectivity index (χ3n) is 2.64. The summed E-state index contributed by atoms with van der Waals surface area (Å²) in [5.41, 5.74) is 1.17. The normalized spacial score (nSPS) is 11.6. The van der Waals surface area contributed by atoms with Gasteiger partial charge in [0, 0.05) is 5.56 Å². The molecule has 0 aliphatic rings. The molecule has 0 amide bonds. The van der Waals surface area contributed by atoms with E-state index in [9.17, 15) is 9.59 Å². The van der Waals surface area contributed by atoms with Gasteiger partial charge in [0.15, 0.2) is 5.75 Å². The van der Waals surface area contributed by atoms with Crippen molar-refractivity contribution in [2.75, 3.05) is 6.61 Å². The minimum Gasteiger partial charge on any atom is -0.391 e. The molecule has 0 fully saturated rings. The van der Waals surface area contributed by atoms with Crippen LogP contribution < -0.4 is 4.87 Å². The first-order valence-corrected chi connectivity index (χ1v) is 6.98. The van der Waals surface area contributed by atoms with Crippen LogP contribution >= 0.6 is 10.5 Å². The van der Waals surface area contributed by atoms with Gasteiger partial charge in [-0.05, 0) is 6.92 Å². The first kappa shape index (κ1) is 12.7. The Bertz CT molecular complexity index is 613. The van der Waals surface area contributed by atoms with E-state index in [1.807, 2.05) is 6.07 Å². The molecule has 1 heterocycles. The summed E-state index contributed by atoms with van der Waals surface area (Å²) in [5.74, 6) is 0.167. The van der Waals surface area contributed by atoms with Crippen molar-refractivity contribution in [2.45, 2.75) is 12.7 Å². The van der Waals surface area contributed by atoms with Crippen LogP contribution in [0.4, 0.5) is 0 Å². The summed E-state index contributed by atoms with van der Waals surface area (Å²) in [5, 5.41) is 8.99. The van der Waals surface area contributed by atoms with Crippen LogP contribution in [0.3, 0.4) is 0 Å². The largest absolute Gasteiger partial charge is 0.455 e. The summed E-state index contributed by atoms with van der Waals surface area (Å²) in [6.07, 6.45) is 0. The molecule has 1 unspecified atom stereocenters. The lowest BCUT2D eigenvalue weighted by molar-refractivity contribution is 0.104. The first-order valence-electron chi connectivity index (χ1n) is 5.58. The minimum atomic E-state index is -0.840. The number of hydrogen-bond donors (Lipinski definition) is 2. The SMILES string of the molecule is Cc1[nH]c(=O)[s+](CCO)c1C(=O)c1ccccc1. The Hall–Kier alpha value is -1.72. The van der Waals surface area contributed by atoms with Crippen LogP contribution in [0.1, 0.15) is 20.9 Å². The van der Waals surface area contributed by atoms with Crippen molar-refractivity contribution in [1.82, 2.24) is 4.98 Å². The summed E-state index contributed by atoms with van der Waals surface area (Å²) in [4.78, 5) is 27.1. The molecule has 0 spiro atoms. The molecule has 1 aromatic carbocycles. The topological polar surface area (TPSA) is 70.2 Å². The number of aromatic amines is 1. The Morgan fingerprint density at radius 3 is 2.61 bits per heavy atom. The van der Waals surface area contributed by atoms with Crippen LogP contribution in [-0.2, 0) is 5.75 Å². The number of nitrogens with one attached hydrogen (secondary N) is 1. The number of aryl methyl sites for hydroxylation is 1. The predicted molar refractivity (Wildman–Crippen MR) is 71.2 cm³/mol. The highest BCUT2D eigenvalue weighted by atomic mass is 32.2. The van der Waals surface area contributed by atoms with Gasteiger partial charge in [-0.1, -0.05) is 30.3 Å². The number of aliphatic hydroxyl groups excluding tert-OH is 1. The zero-order chi connectivity index (χ0) is 13.1. The lowest BCUT2D eigenvalue weighted by Crippen LogP contribution is -2.04. The molecule has 1 aromatic heterocycles.